The van der Waals surface area contributed by atoms with Crippen molar-refractivity contribution in [3.8, 4) is 0 Å². The van der Waals surface area contributed by atoms with Crippen molar-refractivity contribution in [1.29, 1.82) is 0 Å². The van der Waals surface area contributed by atoms with Gasteiger partial charge in [-0.3, -0.25) is 4.99 Å². The summed E-state index contributed by atoms with van der Waals surface area (Å²) in [4.78, 5) is 4.49. The normalized spacial score (nSPS) is 12.5. The molecule has 0 radical (unpaired) electrons. The van der Waals surface area contributed by atoms with E-state index in [0.29, 0.717) is 11.5 Å². The second-order valence-corrected chi connectivity index (χ2v) is 5.98. The summed E-state index contributed by atoms with van der Waals surface area (Å²) in [5.41, 5.74) is 0.425. The van der Waals surface area contributed by atoms with Crippen LogP contribution in [0, 0.1) is 11.6 Å². The van der Waals surface area contributed by atoms with Gasteiger partial charge in [0.1, 0.15) is 11.6 Å². The van der Waals surface area contributed by atoms with Crippen LogP contribution in [0.5, 0.6) is 0 Å². The molecule has 0 heterocycles. The van der Waals surface area contributed by atoms with Gasteiger partial charge in [0.2, 0.25) is 0 Å². The minimum absolute atomic E-state index is 0. The number of nitrogens with one attached hydrogen (secondary N) is 2. The molecule has 3 nitrogen and oxygen atoms in total. The first-order valence-electron chi connectivity index (χ1n) is 7.57. The molecule has 1 rings (SSSR count). The Morgan fingerprint density at radius 1 is 1.30 bits per heavy atom. The maximum Gasteiger partial charge on any atom is 0.191 e. The Morgan fingerprint density at radius 3 is 2.65 bits per heavy atom. The average molecular weight is 457 g/mol. The number of aliphatic imine (C=N–C) groups is 1. The predicted molar refractivity (Wildman–Crippen MR) is 107 cm³/mol. The molecule has 1 aromatic rings. The van der Waals surface area contributed by atoms with Crippen molar-refractivity contribution in [2.45, 2.75) is 32.7 Å². The van der Waals surface area contributed by atoms with Gasteiger partial charge in [-0.05, 0) is 44.8 Å². The summed E-state index contributed by atoms with van der Waals surface area (Å²) in [6.45, 7) is 5.27. The van der Waals surface area contributed by atoms with E-state index in [1.54, 1.807) is 0 Å². The van der Waals surface area contributed by atoms with E-state index in [9.17, 15) is 8.78 Å². The van der Waals surface area contributed by atoms with Crippen LogP contribution in [0.15, 0.2) is 23.2 Å². The quantitative estimate of drug-likeness (QED) is 0.264. The summed E-state index contributed by atoms with van der Waals surface area (Å²) >= 11 is 1.83. The summed E-state index contributed by atoms with van der Waals surface area (Å²) in [7, 11) is 0. The summed E-state index contributed by atoms with van der Waals surface area (Å²) in [5, 5.41) is 6.30. The number of hydrogen-bond donors (Lipinski definition) is 2. The number of unbranched alkanes of at least 4 members (excludes halogenated alkanes) is 1. The fraction of sp³-hybridized carbons (Fsp3) is 0.562. The van der Waals surface area contributed by atoms with Crippen LogP contribution in [0.1, 0.15) is 38.3 Å². The number of rotatable bonds is 8. The smallest absolute Gasteiger partial charge is 0.191 e. The maximum absolute atomic E-state index is 13.8. The molecule has 0 fully saturated rings. The van der Waals surface area contributed by atoms with E-state index in [-0.39, 0.29) is 30.0 Å². The highest BCUT2D eigenvalue weighted by molar-refractivity contribution is 14.0. The van der Waals surface area contributed by atoms with Gasteiger partial charge in [-0.2, -0.15) is 11.8 Å². The van der Waals surface area contributed by atoms with E-state index in [0.717, 1.165) is 37.8 Å². The van der Waals surface area contributed by atoms with Crippen LogP contribution in [0.4, 0.5) is 8.78 Å². The zero-order chi connectivity index (χ0) is 16.4. The molecule has 0 aliphatic rings. The Morgan fingerprint density at radius 2 is 2.04 bits per heavy atom. The SMILES string of the molecule is CCNC(=NCCCCSC)NC(C)c1ccc(F)cc1F.I. The average Bonchev–Trinajstić information content (AvgIpc) is 2.47. The molecule has 1 atom stereocenters. The van der Waals surface area contributed by atoms with Gasteiger partial charge >= 0.3 is 0 Å². The topological polar surface area (TPSA) is 36.4 Å². The first-order chi connectivity index (χ1) is 10.6. The fourth-order valence-corrected chi connectivity index (χ4v) is 2.50. The van der Waals surface area contributed by atoms with Gasteiger partial charge in [-0.25, -0.2) is 8.78 Å². The Hall–Kier alpha value is -0.570. The maximum atomic E-state index is 13.8. The van der Waals surface area contributed by atoms with Gasteiger partial charge in [-0.15, -0.1) is 24.0 Å². The van der Waals surface area contributed by atoms with Crippen LogP contribution in [-0.4, -0.2) is 31.1 Å². The van der Waals surface area contributed by atoms with E-state index in [1.165, 1.54) is 12.1 Å². The van der Waals surface area contributed by atoms with Crippen LogP contribution in [0.2, 0.25) is 0 Å². The molecule has 1 unspecified atom stereocenters. The van der Waals surface area contributed by atoms with Crippen LogP contribution in [-0.2, 0) is 0 Å². The third-order valence-electron chi connectivity index (χ3n) is 3.15. The van der Waals surface area contributed by atoms with E-state index in [2.05, 4.69) is 21.9 Å². The molecule has 0 aromatic heterocycles. The molecule has 0 aliphatic heterocycles. The standard InChI is InChI=1S/C16H25F2N3S.HI/c1-4-19-16(20-9-5-6-10-22-3)21-12(2)14-8-7-13(17)11-15(14)18;/h7-8,11-12H,4-6,9-10H2,1-3H3,(H2,19,20,21);1H. The molecule has 2 N–H and O–H groups in total. The lowest BCUT2D eigenvalue weighted by molar-refractivity contribution is 0.550. The molecule has 0 aliphatic carbocycles. The highest BCUT2D eigenvalue weighted by Crippen LogP contribution is 2.17. The number of hydrogen-bond acceptors (Lipinski definition) is 2. The van der Waals surface area contributed by atoms with Crippen molar-refractivity contribution in [2.75, 3.05) is 25.1 Å². The first-order valence-corrected chi connectivity index (χ1v) is 8.96. The largest absolute Gasteiger partial charge is 0.357 e. The molecule has 132 valence electrons. The van der Waals surface area contributed by atoms with Gasteiger partial charge in [-0.1, -0.05) is 6.07 Å². The molecular weight excluding hydrogens is 431 g/mol. The molecule has 0 bridgehead atoms. The van der Waals surface area contributed by atoms with Crippen molar-refractivity contribution in [3.63, 3.8) is 0 Å². The van der Waals surface area contributed by atoms with E-state index < -0.39 is 11.6 Å². The number of benzene rings is 1. The van der Waals surface area contributed by atoms with Crippen LogP contribution >= 0.6 is 35.7 Å². The van der Waals surface area contributed by atoms with Gasteiger partial charge in [0.05, 0.1) is 6.04 Å². The Bertz CT molecular complexity index is 486. The number of nitrogens with zero attached hydrogens (tertiary/aromatic N) is 1. The summed E-state index contributed by atoms with van der Waals surface area (Å²) < 4.78 is 26.8. The molecule has 7 heteroatoms. The number of halogens is 3. The van der Waals surface area contributed by atoms with Crippen LogP contribution < -0.4 is 10.6 Å². The summed E-state index contributed by atoms with van der Waals surface area (Å²) in [6.07, 6.45) is 4.25. The van der Waals surface area contributed by atoms with Crippen molar-refractivity contribution < 1.29 is 8.78 Å². The van der Waals surface area contributed by atoms with Crippen molar-refractivity contribution in [1.82, 2.24) is 10.6 Å². The van der Waals surface area contributed by atoms with Crippen LogP contribution in [0.3, 0.4) is 0 Å². The van der Waals surface area contributed by atoms with Crippen molar-refractivity contribution in [2.24, 2.45) is 4.99 Å². The minimum Gasteiger partial charge on any atom is -0.357 e. The second-order valence-electron chi connectivity index (χ2n) is 4.99. The third-order valence-corrected chi connectivity index (χ3v) is 3.85. The highest BCUT2D eigenvalue weighted by atomic mass is 127. The monoisotopic (exact) mass is 457 g/mol. The predicted octanol–water partition coefficient (Wildman–Crippen LogP) is 4.34. The number of thioether (sulfide) groups is 1. The fourth-order valence-electron chi connectivity index (χ4n) is 2.00. The van der Waals surface area contributed by atoms with Crippen LogP contribution in [0.25, 0.3) is 0 Å². The Labute approximate surface area is 159 Å². The lowest BCUT2D eigenvalue weighted by Crippen LogP contribution is -2.39. The van der Waals surface area contributed by atoms with E-state index >= 15 is 0 Å². The molecule has 0 saturated heterocycles. The summed E-state index contributed by atoms with van der Waals surface area (Å²) in [5.74, 6) is 0.679. The first kappa shape index (κ1) is 22.4. The zero-order valence-electron chi connectivity index (χ0n) is 13.9. The summed E-state index contributed by atoms with van der Waals surface area (Å²) in [6, 6.07) is 3.34. The molecule has 23 heavy (non-hydrogen) atoms. The van der Waals surface area contributed by atoms with Crippen molar-refractivity contribution in [3.05, 3.63) is 35.4 Å². The van der Waals surface area contributed by atoms with E-state index in [1.807, 2.05) is 25.6 Å². The third kappa shape index (κ3) is 8.74. The van der Waals surface area contributed by atoms with Gasteiger partial charge in [0.15, 0.2) is 5.96 Å². The molecule has 0 saturated carbocycles. The molecule has 0 amide bonds. The molecule has 1 aromatic carbocycles. The highest BCUT2D eigenvalue weighted by Gasteiger charge is 2.13. The Kier molecular flexibility index (Phi) is 12.5. The lowest BCUT2D eigenvalue weighted by Gasteiger charge is -2.18. The minimum atomic E-state index is -0.567. The lowest BCUT2D eigenvalue weighted by atomic mass is 10.1. The molecule has 0 spiro atoms. The van der Waals surface area contributed by atoms with E-state index in [4.69, 9.17) is 0 Å². The van der Waals surface area contributed by atoms with Gasteiger partial charge in [0.25, 0.3) is 0 Å². The van der Waals surface area contributed by atoms with Gasteiger partial charge < -0.3 is 10.6 Å². The number of guanidine groups is 1. The zero-order valence-corrected chi connectivity index (χ0v) is 17.0. The van der Waals surface area contributed by atoms with Gasteiger partial charge in [0, 0.05) is 24.7 Å². The Balaban J connectivity index is 0.00000484. The second kappa shape index (κ2) is 12.8. The molecular formula is C16H26F2IN3S. The van der Waals surface area contributed by atoms with Crippen molar-refractivity contribution >= 4 is 41.7 Å².